The van der Waals surface area contributed by atoms with Crippen molar-refractivity contribution >= 4 is 17.2 Å². The molecule has 1 amide bonds. The van der Waals surface area contributed by atoms with Gasteiger partial charge in [0.05, 0.1) is 23.7 Å². The molecule has 5 heteroatoms. The Kier molecular flexibility index (Phi) is 6.12. The Labute approximate surface area is 134 Å². The lowest BCUT2D eigenvalue weighted by Gasteiger charge is -2.17. The molecule has 1 heterocycles. The highest BCUT2D eigenvalue weighted by Crippen LogP contribution is 2.16. The molecular weight excluding hydrogens is 298 g/mol. The van der Waals surface area contributed by atoms with Gasteiger partial charge in [0.15, 0.2) is 0 Å². The van der Waals surface area contributed by atoms with E-state index in [0.717, 1.165) is 10.4 Å². The van der Waals surface area contributed by atoms with Crippen LogP contribution in [0.15, 0.2) is 42.5 Å². The predicted molar refractivity (Wildman–Crippen MR) is 88.2 cm³/mol. The van der Waals surface area contributed by atoms with Gasteiger partial charge in [0.2, 0.25) is 0 Å². The van der Waals surface area contributed by atoms with Gasteiger partial charge in [-0.25, -0.2) is 0 Å². The van der Waals surface area contributed by atoms with Crippen LogP contribution >= 0.6 is 11.3 Å². The molecule has 0 spiro atoms. The van der Waals surface area contributed by atoms with Crippen molar-refractivity contribution < 1.29 is 14.6 Å². The molecule has 0 aliphatic rings. The smallest absolute Gasteiger partial charge is 0.261 e. The number of aliphatic hydroxyl groups is 1. The molecular formula is C17H21NO3S. The Balaban J connectivity index is 1.72. The quantitative estimate of drug-likeness (QED) is 0.825. The molecule has 2 rings (SSSR count). The number of amides is 1. The normalized spacial score (nSPS) is 13.6. The van der Waals surface area contributed by atoms with Crippen LogP contribution in [-0.2, 0) is 4.74 Å². The van der Waals surface area contributed by atoms with Gasteiger partial charge in [-0.2, -0.15) is 0 Å². The maximum atomic E-state index is 11.9. The molecule has 0 aliphatic heterocycles. The number of nitrogens with one attached hydrogen (secondary N) is 1. The van der Waals surface area contributed by atoms with Crippen molar-refractivity contribution in [2.75, 3.05) is 13.2 Å². The molecule has 4 nitrogen and oxygen atoms in total. The van der Waals surface area contributed by atoms with E-state index in [1.165, 1.54) is 11.3 Å². The zero-order chi connectivity index (χ0) is 15.9. The van der Waals surface area contributed by atoms with Gasteiger partial charge in [-0.3, -0.25) is 4.79 Å². The molecule has 0 saturated heterocycles. The Morgan fingerprint density at radius 2 is 2.00 bits per heavy atom. The third kappa shape index (κ3) is 4.94. The summed E-state index contributed by atoms with van der Waals surface area (Å²) in [5, 5.41) is 12.6. The fraction of sp³-hybridized carbons (Fsp3) is 0.353. The molecule has 0 aliphatic carbocycles. The number of ether oxygens (including phenoxy) is 1. The number of rotatable bonds is 7. The monoisotopic (exact) mass is 319 g/mol. The second-order valence-electron chi connectivity index (χ2n) is 5.16. The molecule has 118 valence electrons. The third-order valence-electron chi connectivity index (χ3n) is 3.27. The van der Waals surface area contributed by atoms with E-state index in [4.69, 9.17) is 4.74 Å². The molecule has 2 aromatic rings. The van der Waals surface area contributed by atoms with Gasteiger partial charge in [-0.05, 0) is 31.5 Å². The Morgan fingerprint density at radius 1 is 1.27 bits per heavy atom. The van der Waals surface area contributed by atoms with E-state index in [0.29, 0.717) is 4.88 Å². The van der Waals surface area contributed by atoms with E-state index in [2.05, 4.69) is 5.32 Å². The zero-order valence-corrected chi connectivity index (χ0v) is 13.6. The standard InChI is InChI=1S/C17H21NO3S/c1-12-8-9-16(22-12)17(20)18-10-15(19)11-21-13(2)14-6-4-3-5-7-14/h3-9,13,15,19H,10-11H2,1-2H3,(H,18,20)/t13-,15+/m1/s1. The number of carbonyl (C=O) groups is 1. The number of benzene rings is 1. The first-order valence-electron chi connectivity index (χ1n) is 7.25. The summed E-state index contributed by atoms with van der Waals surface area (Å²) < 4.78 is 5.63. The summed E-state index contributed by atoms with van der Waals surface area (Å²) in [7, 11) is 0. The first kappa shape index (κ1) is 16.7. The van der Waals surface area contributed by atoms with Gasteiger partial charge in [0, 0.05) is 11.4 Å². The van der Waals surface area contributed by atoms with Crippen molar-refractivity contribution in [3.63, 3.8) is 0 Å². The Morgan fingerprint density at radius 3 is 2.64 bits per heavy atom. The number of aryl methyl sites for hydroxylation is 1. The molecule has 0 radical (unpaired) electrons. The van der Waals surface area contributed by atoms with Crippen molar-refractivity contribution in [3.05, 3.63) is 57.8 Å². The Bertz CT molecular complexity index is 597. The van der Waals surface area contributed by atoms with E-state index in [-0.39, 0.29) is 25.2 Å². The van der Waals surface area contributed by atoms with Crippen LogP contribution in [0.1, 0.15) is 33.1 Å². The Hall–Kier alpha value is -1.69. The summed E-state index contributed by atoms with van der Waals surface area (Å²) in [6.07, 6.45) is -0.817. The van der Waals surface area contributed by atoms with E-state index in [1.54, 1.807) is 6.07 Å². The highest BCUT2D eigenvalue weighted by atomic mass is 32.1. The highest BCUT2D eigenvalue weighted by molar-refractivity contribution is 7.13. The fourth-order valence-corrected chi connectivity index (χ4v) is 2.77. The first-order chi connectivity index (χ1) is 10.6. The summed E-state index contributed by atoms with van der Waals surface area (Å²) in [6, 6.07) is 13.5. The third-order valence-corrected chi connectivity index (χ3v) is 4.27. The summed E-state index contributed by atoms with van der Waals surface area (Å²) in [6.45, 7) is 4.25. The van der Waals surface area contributed by atoms with Crippen LogP contribution in [0.3, 0.4) is 0 Å². The molecule has 2 atom stereocenters. The van der Waals surface area contributed by atoms with Crippen LogP contribution in [-0.4, -0.2) is 30.3 Å². The molecule has 0 fully saturated rings. The molecule has 0 bridgehead atoms. The minimum absolute atomic E-state index is 0.0912. The zero-order valence-electron chi connectivity index (χ0n) is 12.8. The van der Waals surface area contributed by atoms with E-state index >= 15 is 0 Å². The largest absolute Gasteiger partial charge is 0.389 e. The van der Waals surface area contributed by atoms with Crippen LogP contribution < -0.4 is 5.32 Å². The lowest BCUT2D eigenvalue weighted by molar-refractivity contribution is -0.00169. The van der Waals surface area contributed by atoms with Crippen LogP contribution in [0, 0.1) is 6.92 Å². The summed E-state index contributed by atoms with van der Waals surface area (Å²) >= 11 is 1.44. The van der Waals surface area contributed by atoms with Crippen LogP contribution in [0.2, 0.25) is 0 Å². The number of aliphatic hydroxyl groups excluding tert-OH is 1. The van der Waals surface area contributed by atoms with Crippen molar-refractivity contribution in [1.29, 1.82) is 0 Å². The number of hydrogen-bond donors (Lipinski definition) is 2. The maximum Gasteiger partial charge on any atom is 0.261 e. The second kappa shape index (κ2) is 8.08. The van der Waals surface area contributed by atoms with Gasteiger partial charge in [0.1, 0.15) is 0 Å². The number of hydrogen-bond acceptors (Lipinski definition) is 4. The van der Waals surface area contributed by atoms with Crippen molar-refractivity contribution in [2.45, 2.75) is 26.1 Å². The summed E-state index contributed by atoms with van der Waals surface area (Å²) in [5.41, 5.74) is 1.06. The summed E-state index contributed by atoms with van der Waals surface area (Å²) in [5.74, 6) is -0.159. The first-order valence-corrected chi connectivity index (χ1v) is 8.07. The van der Waals surface area contributed by atoms with Crippen LogP contribution in [0.25, 0.3) is 0 Å². The minimum atomic E-state index is -0.726. The van der Waals surface area contributed by atoms with Gasteiger partial charge < -0.3 is 15.2 Å². The van der Waals surface area contributed by atoms with Crippen molar-refractivity contribution in [1.82, 2.24) is 5.32 Å². The van der Waals surface area contributed by atoms with E-state index in [1.807, 2.05) is 50.2 Å². The lowest BCUT2D eigenvalue weighted by Crippen LogP contribution is -2.34. The minimum Gasteiger partial charge on any atom is -0.389 e. The lowest BCUT2D eigenvalue weighted by atomic mass is 10.1. The van der Waals surface area contributed by atoms with Crippen molar-refractivity contribution in [3.8, 4) is 0 Å². The molecule has 22 heavy (non-hydrogen) atoms. The maximum absolute atomic E-state index is 11.9. The van der Waals surface area contributed by atoms with Gasteiger partial charge in [-0.15, -0.1) is 11.3 Å². The highest BCUT2D eigenvalue weighted by Gasteiger charge is 2.12. The molecule has 1 aromatic carbocycles. The topological polar surface area (TPSA) is 58.6 Å². The number of thiophene rings is 1. The molecule has 1 aromatic heterocycles. The molecule has 2 N–H and O–H groups in total. The van der Waals surface area contributed by atoms with E-state index in [9.17, 15) is 9.90 Å². The fourth-order valence-electron chi connectivity index (χ4n) is 1.99. The second-order valence-corrected chi connectivity index (χ2v) is 6.45. The van der Waals surface area contributed by atoms with Gasteiger partial charge in [-0.1, -0.05) is 30.3 Å². The average molecular weight is 319 g/mol. The average Bonchev–Trinajstić information content (AvgIpc) is 2.97. The van der Waals surface area contributed by atoms with Crippen molar-refractivity contribution in [2.24, 2.45) is 0 Å². The van der Waals surface area contributed by atoms with Crippen LogP contribution in [0.4, 0.5) is 0 Å². The summed E-state index contributed by atoms with van der Waals surface area (Å²) in [4.78, 5) is 13.6. The van der Waals surface area contributed by atoms with Gasteiger partial charge >= 0.3 is 0 Å². The number of carbonyl (C=O) groups excluding carboxylic acids is 1. The predicted octanol–water partition coefficient (Wildman–Crippen LogP) is 2.93. The molecule has 0 saturated carbocycles. The van der Waals surface area contributed by atoms with Gasteiger partial charge in [0.25, 0.3) is 5.91 Å². The van der Waals surface area contributed by atoms with E-state index < -0.39 is 6.10 Å². The SMILES string of the molecule is Cc1ccc(C(=O)NC[C@H](O)CO[C@H](C)c2ccccc2)s1. The molecule has 0 unspecified atom stereocenters. The van der Waals surface area contributed by atoms with Crippen LogP contribution in [0.5, 0.6) is 0 Å².